The van der Waals surface area contributed by atoms with Crippen LogP contribution in [0.15, 0.2) is 11.0 Å². The second-order valence-electron chi connectivity index (χ2n) is 2.53. The molecule has 5 nitrogen and oxygen atoms in total. The van der Waals surface area contributed by atoms with Crippen molar-refractivity contribution in [3.8, 4) is 0 Å². The van der Waals surface area contributed by atoms with Crippen LogP contribution >= 0.6 is 0 Å². The highest BCUT2D eigenvalue weighted by atomic mass is 19.1. The maximum absolute atomic E-state index is 13.0. The van der Waals surface area contributed by atoms with E-state index in [9.17, 15) is 9.18 Å². The fourth-order valence-corrected chi connectivity index (χ4v) is 0.909. The van der Waals surface area contributed by atoms with E-state index in [1.807, 2.05) is 0 Å². The Hall–Kier alpha value is -1.43. The highest BCUT2D eigenvalue weighted by Gasteiger charge is 2.07. The summed E-state index contributed by atoms with van der Waals surface area (Å²) >= 11 is 0. The number of H-pyrrole nitrogens is 1. The average molecular weight is 187 g/mol. The van der Waals surface area contributed by atoms with Gasteiger partial charge in [0.2, 0.25) is 0 Å². The van der Waals surface area contributed by atoms with Gasteiger partial charge in [-0.2, -0.15) is 4.98 Å². The minimum Gasteiger partial charge on any atom is -0.395 e. The van der Waals surface area contributed by atoms with Gasteiger partial charge in [0.1, 0.15) is 5.82 Å². The lowest BCUT2D eigenvalue weighted by atomic mass is 10.5. The lowest BCUT2D eigenvalue weighted by Gasteiger charge is -2.16. The van der Waals surface area contributed by atoms with Gasteiger partial charge < -0.3 is 10.0 Å². The molecule has 1 aromatic heterocycles. The van der Waals surface area contributed by atoms with E-state index in [0.717, 1.165) is 6.20 Å². The molecule has 1 aromatic rings. The van der Waals surface area contributed by atoms with E-state index >= 15 is 0 Å². The Balaban J connectivity index is 2.98. The monoisotopic (exact) mass is 187 g/mol. The first-order valence-electron chi connectivity index (χ1n) is 3.72. The van der Waals surface area contributed by atoms with Crippen LogP contribution in [-0.4, -0.2) is 35.3 Å². The zero-order valence-corrected chi connectivity index (χ0v) is 7.12. The quantitative estimate of drug-likeness (QED) is 0.659. The van der Waals surface area contributed by atoms with Gasteiger partial charge in [-0.3, -0.25) is 4.98 Å². The third-order valence-corrected chi connectivity index (χ3v) is 1.56. The molecule has 0 aliphatic carbocycles. The van der Waals surface area contributed by atoms with Crippen molar-refractivity contribution in [3.05, 3.63) is 22.5 Å². The Morgan fingerprint density at radius 3 is 3.08 bits per heavy atom. The van der Waals surface area contributed by atoms with E-state index in [1.165, 1.54) is 4.90 Å². The van der Waals surface area contributed by atoms with Gasteiger partial charge in [0.05, 0.1) is 12.8 Å². The molecule has 0 aliphatic heterocycles. The summed E-state index contributed by atoms with van der Waals surface area (Å²) in [5, 5.41) is 8.59. The molecule has 1 rings (SSSR count). The molecule has 72 valence electrons. The van der Waals surface area contributed by atoms with Crippen molar-refractivity contribution in [2.24, 2.45) is 0 Å². The molecule has 0 aromatic carbocycles. The second kappa shape index (κ2) is 3.99. The van der Waals surface area contributed by atoms with Crippen molar-refractivity contribution in [3.63, 3.8) is 0 Å². The average Bonchev–Trinajstić information content (AvgIpc) is 2.09. The summed E-state index contributed by atoms with van der Waals surface area (Å²) in [5.41, 5.74) is -0.610. The predicted octanol–water partition coefficient (Wildman–Crippen LogP) is -0.663. The molecule has 0 amide bonds. The van der Waals surface area contributed by atoms with Crippen LogP contribution in [0.1, 0.15) is 0 Å². The summed E-state index contributed by atoms with van der Waals surface area (Å²) in [5.74, 6) is -0.579. The molecule has 0 atom stereocenters. The minimum atomic E-state index is -0.615. The zero-order chi connectivity index (χ0) is 9.84. The summed E-state index contributed by atoms with van der Waals surface area (Å²) in [6.07, 6.45) is 0.849. The molecule has 0 aliphatic rings. The number of hydrogen-bond acceptors (Lipinski definition) is 4. The van der Waals surface area contributed by atoms with Gasteiger partial charge in [0.25, 0.3) is 0 Å². The van der Waals surface area contributed by atoms with Crippen LogP contribution in [0.5, 0.6) is 0 Å². The summed E-state index contributed by atoms with van der Waals surface area (Å²) in [6.45, 7) is 0.136. The van der Waals surface area contributed by atoms with Crippen LogP contribution in [0.2, 0.25) is 0 Å². The normalized spacial score (nSPS) is 10.1. The van der Waals surface area contributed by atoms with Gasteiger partial charge in [-0.05, 0) is 0 Å². The lowest BCUT2D eigenvalue weighted by molar-refractivity contribution is 0.303. The molecule has 0 unspecified atom stereocenters. The molecule has 13 heavy (non-hydrogen) atoms. The highest BCUT2D eigenvalue weighted by Crippen LogP contribution is 2.09. The first-order chi connectivity index (χ1) is 6.15. The van der Waals surface area contributed by atoms with E-state index in [2.05, 4.69) is 9.97 Å². The summed E-state index contributed by atoms with van der Waals surface area (Å²) in [6, 6.07) is 0. The van der Waals surface area contributed by atoms with Crippen LogP contribution in [0.3, 0.4) is 0 Å². The standard InChI is InChI=1S/C7H10FN3O2/c1-11(2-3-12)6-5(8)4-9-7(13)10-6/h4,12H,2-3H2,1H3,(H,9,10,13). The number of aliphatic hydroxyl groups excluding tert-OH is 1. The number of anilines is 1. The minimum absolute atomic E-state index is 0.0362. The molecular formula is C7H10FN3O2. The van der Waals surface area contributed by atoms with E-state index in [-0.39, 0.29) is 19.0 Å². The third kappa shape index (κ3) is 2.25. The SMILES string of the molecule is CN(CCO)c1[nH]c(=O)ncc1F. The summed E-state index contributed by atoms with van der Waals surface area (Å²) in [4.78, 5) is 17.6. The van der Waals surface area contributed by atoms with Crippen molar-refractivity contribution < 1.29 is 9.50 Å². The maximum Gasteiger partial charge on any atom is 0.346 e. The number of aromatic nitrogens is 2. The molecule has 0 bridgehead atoms. The molecule has 1 heterocycles. The smallest absolute Gasteiger partial charge is 0.346 e. The van der Waals surface area contributed by atoms with Crippen LogP contribution in [0.4, 0.5) is 10.2 Å². The Morgan fingerprint density at radius 1 is 1.77 bits per heavy atom. The van der Waals surface area contributed by atoms with E-state index in [1.54, 1.807) is 7.05 Å². The number of nitrogens with zero attached hydrogens (tertiary/aromatic N) is 2. The fraction of sp³-hybridized carbons (Fsp3) is 0.429. The Kier molecular flexibility index (Phi) is 2.97. The number of halogens is 1. The molecule has 0 saturated heterocycles. The molecular weight excluding hydrogens is 177 g/mol. The second-order valence-corrected chi connectivity index (χ2v) is 2.53. The third-order valence-electron chi connectivity index (χ3n) is 1.56. The lowest BCUT2D eigenvalue weighted by Crippen LogP contribution is -2.26. The topological polar surface area (TPSA) is 69.2 Å². The molecule has 0 saturated carbocycles. The Bertz CT molecular complexity index is 339. The van der Waals surface area contributed by atoms with E-state index in [4.69, 9.17) is 5.11 Å². The maximum atomic E-state index is 13.0. The van der Waals surface area contributed by atoms with Crippen LogP contribution in [0, 0.1) is 5.82 Å². The van der Waals surface area contributed by atoms with Crippen molar-refractivity contribution in [1.82, 2.24) is 9.97 Å². The first-order valence-corrected chi connectivity index (χ1v) is 3.72. The predicted molar refractivity (Wildman–Crippen MR) is 45.2 cm³/mol. The Morgan fingerprint density at radius 2 is 2.46 bits per heavy atom. The van der Waals surface area contributed by atoms with Crippen LogP contribution in [0.25, 0.3) is 0 Å². The first kappa shape index (κ1) is 9.66. The van der Waals surface area contributed by atoms with Crippen LogP contribution in [-0.2, 0) is 0 Å². The van der Waals surface area contributed by atoms with Crippen molar-refractivity contribution in [2.45, 2.75) is 0 Å². The summed E-state index contributed by atoms with van der Waals surface area (Å²) < 4.78 is 13.0. The van der Waals surface area contributed by atoms with Gasteiger partial charge in [-0.25, -0.2) is 9.18 Å². The number of hydrogen-bond donors (Lipinski definition) is 2. The van der Waals surface area contributed by atoms with E-state index in [0.29, 0.717) is 0 Å². The molecule has 0 spiro atoms. The molecule has 6 heteroatoms. The zero-order valence-electron chi connectivity index (χ0n) is 7.12. The van der Waals surface area contributed by atoms with Gasteiger partial charge in [0, 0.05) is 13.6 Å². The molecule has 0 radical (unpaired) electrons. The van der Waals surface area contributed by atoms with Crippen molar-refractivity contribution in [1.29, 1.82) is 0 Å². The van der Waals surface area contributed by atoms with Crippen molar-refractivity contribution >= 4 is 5.82 Å². The Labute approximate surface area is 73.8 Å². The summed E-state index contributed by atoms with van der Waals surface area (Å²) in [7, 11) is 1.56. The largest absolute Gasteiger partial charge is 0.395 e. The van der Waals surface area contributed by atoms with Gasteiger partial charge in [0.15, 0.2) is 5.82 Å². The van der Waals surface area contributed by atoms with Gasteiger partial charge in [-0.15, -0.1) is 0 Å². The number of rotatable bonds is 3. The fourth-order valence-electron chi connectivity index (χ4n) is 0.909. The number of aliphatic hydroxyl groups is 1. The van der Waals surface area contributed by atoms with E-state index < -0.39 is 11.5 Å². The van der Waals surface area contributed by atoms with Crippen LogP contribution < -0.4 is 10.6 Å². The molecule has 2 N–H and O–H groups in total. The molecule has 0 fully saturated rings. The number of nitrogens with one attached hydrogen (secondary N) is 1. The van der Waals surface area contributed by atoms with Crippen molar-refractivity contribution in [2.75, 3.05) is 25.1 Å². The number of likely N-dealkylation sites (N-methyl/N-ethyl adjacent to an activating group) is 1. The highest BCUT2D eigenvalue weighted by molar-refractivity contribution is 5.36. The van der Waals surface area contributed by atoms with Gasteiger partial charge >= 0.3 is 5.69 Å². The number of aromatic amines is 1. The van der Waals surface area contributed by atoms with Gasteiger partial charge in [-0.1, -0.05) is 0 Å².